The van der Waals surface area contributed by atoms with E-state index < -0.39 is 0 Å². The van der Waals surface area contributed by atoms with E-state index in [0.29, 0.717) is 24.6 Å². The fourth-order valence-electron chi connectivity index (χ4n) is 3.01. The summed E-state index contributed by atoms with van der Waals surface area (Å²) in [7, 11) is 4.11. The van der Waals surface area contributed by atoms with E-state index >= 15 is 0 Å². The molecule has 142 valence electrons. The van der Waals surface area contributed by atoms with Crippen LogP contribution in [0.4, 0.5) is 0 Å². The second kappa shape index (κ2) is 8.56. The number of rotatable bonds is 7. The number of hydrogen-bond donors (Lipinski definition) is 2. The number of aromatic hydroxyl groups is 2. The van der Waals surface area contributed by atoms with E-state index in [0.717, 1.165) is 35.3 Å². The van der Waals surface area contributed by atoms with Gasteiger partial charge in [0.2, 0.25) is 0 Å². The molecule has 0 atom stereocenters. The standard InChI is InChI=1S/C22H32N2O2/c1-15-9-19(21(25)11-17(15)3)13-24(8-7-23(5)6)14-20-10-16(2)18(4)12-22(20)26/h9-12,25-26H,7-8,13-14H2,1-6H3. The third kappa shape index (κ3) is 5.23. The fourth-order valence-corrected chi connectivity index (χ4v) is 3.01. The van der Waals surface area contributed by atoms with E-state index in [1.807, 2.05) is 26.0 Å². The van der Waals surface area contributed by atoms with E-state index in [1.165, 1.54) is 11.1 Å². The minimum absolute atomic E-state index is 0.340. The van der Waals surface area contributed by atoms with Crippen molar-refractivity contribution in [3.05, 3.63) is 57.6 Å². The van der Waals surface area contributed by atoms with Crippen molar-refractivity contribution in [1.29, 1.82) is 0 Å². The van der Waals surface area contributed by atoms with Crippen LogP contribution in [0.2, 0.25) is 0 Å². The molecule has 2 aromatic carbocycles. The van der Waals surface area contributed by atoms with Gasteiger partial charge in [-0.15, -0.1) is 0 Å². The Hall–Kier alpha value is -2.04. The molecule has 4 heteroatoms. The molecule has 0 fully saturated rings. The van der Waals surface area contributed by atoms with Gasteiger partial charge in [-0.05, 0) is 76.2 Å². The first-order valence-corrected chi connectivity index (χ1v) is 9.12. The van der Waals surface area contributed by atoms with Crippen molar-refractivity contribution in [1.82, 2.24) is 9.80 Å². The zero-order chi connectivity index (χ0) is 19.4. The van der Waals surface area contributed by atoms with Gasteiger partial charge in [-0.1, -0.05) is 12.1 Å². The third-order valence-electron chi connectivity index (χ3n) is 5.04. The first-order chi connectivity index (χ1) is 12.2. The molecule has 0 aromatic heterocycles. The predicted molar refractivity (Wildman–Crippen MR) is 108 cm³/mol. The smallest absolute Gasteiger partial charge is 0.120 e. The molecule has 0 unspecified atom stereocenters. The van der Waals surface area contributed by atoms with Gasteiger partial charge >= 0.3 is 0 Å². The van der Waals surface area contributed by atoms with Crippen LogP contribution < -0.4 is 0 Å². The topological polar surface area (TPSA) is 46.9 Å². The van der Waals surface area contributed by atoms with Gasteiger partial charge in [-0.25, -0.2) is 0 Å². The van der Waals surface area contributed by atoms with Crippen molar-refractivity contribution >= 4 is 0 Å². The van der Waals surface area contributed by atoms with Gasteiger partial charge in [-0.2, -0.15) is 0 Å². The van der Waals surface area contributed by atoms with Gasteiger partial charge in [0.05, 0.1) is 0 Å². The molecule has 0 aliphatic heterocycles. The van der Waals surface area contributed by atoms with E-state index in [1.54, 1.807) is 0 Å². The first kappa shape index (κ1) is 20.3. The summed E-state index contributed by atoms with van der Waals surface area (Å²) in [4.78, 5) is 4.42. The highest BCUT2D eigenvalue weighted by molar-refractivity contribution is 5.42. The van der Waals surface area contributed by atoms with E-state index in [-0.39, 0.29) is 0 Å². The second-order valence-electron chi connectivity index (χ2n) is 7.64. The number of aryl methyl sites for hydroxylation is 4. The number of phenols is 2. The molecule has 0 spiro atoms. The molecule has 26 heavy (non-hydrogen) atoms. The third-order valence-corrected chi connectivity index (χ3v) is 5.04. The molecular weight excluding hydrogens is 324 g/mol. The van der Waals surface area contributed by atoms with Gasteiger partial charge in [0.1, 0.15) is 11.5 Å². The summed E-state index contributed by atoms with van der Waals surface area (Å²) in [5.74, 6) is 0.680. The van der Waals surface area contributed by atoms with Gasteiger partial charge in [0.15, 0.2) is 0 Å². The van der Waals surface area contributed by atoms with Crippen molar-refractivity contribution < 1.29 is 10.2 Å². The molecular formula is C22H32N2O2. The Morgan fingerprint density at radius 1 is 0.654 bits per heavy atom. The van der Waals surface area contributed by atoms with Crippen LogP contribution in [0.25, 0.3) is 0 Å². The van der Waals surface area contributed by atoms with Crippen LogP contribution in [0.3, 0.4) is 0 Å². The van der Waals surface area contributed by atoms with Crippen LogP contribution in [0.5, 0.6) is 11.5 Å². The monoisotopic (exact) mass is 356 g/mol. The molecule has 4 nitrogen and oxygen atoms in total. The van der Waals surface area contributed by atoms with Crippen LogP contribution >= 0.6 is 0 Å². The minimum Gasteiger partial charge on any atom is -0.508 e. The fraction of sp³-hybridized carbons (Fsp3) is 0.455. The molecule has 2 rings (SSSR count). The van der Waals surface area contributed by atoms with Gasteiger partial charge < -0.3 is 15.1 Å². The Balaban J connectivity index is 2.26. The number of nitrogens with zero attached hydrogens (tertiary/aromatic N) is 2. The number of likely N-dealkylation sites (N-methyl/N-ethyl adjacent to an activating group) is 1. The Labute approximate surface area is 157 Å². The van der Waals surface area contributed by atoms with Gasteiger partial charge in [-0.3, -0.25) is 4.90 Å². The maximum Gasteiger partial charge on any atom is 0.120 e. The lowest BCUT2D eigenvalue weighted by Crippen LogP contribution is -2.31. The van der Waals surface area contributed by atoms with Crippen molar-refractivity contribution in [3.8, 4) is 11.5 Å². The summed E-state index contributed by atoms with van der Waals surface area (Å²) in [5.41, 5.74) is 6.40. The summed E-state index contributed by atoms with van der Waals surface area (Å²) >= 11 is 0. The Morgan fingerprint density at radius 2 is 1.04 bits per heavy atom. The van der Waals surface area contributed by atoms with E-state index in [2.05, 4.69) is 49.9 Å². The molecule has 0 saturated heterocycles. The van der Waals surface area contributed by atoms with Crippen LogP contribution in [-0.2, 0) is 13.1 Å². The van der Waals surface area contributed by atoms with Crippen LogP contribution in [0.15, 0.2) is 24.3 Å². The normalized spacial score (nSPS) is 11.5. The number of phenolic OH excluding ortho intramolecular Hbond substituents is 2. The summed E-state index contributed by atoms with van der Waals surface area (Å²) in [5, 5.41) is 20.7. The minimum atomic E-state index is 0.340. The van der Waals surface area contributed by atoms with Crippen molar-refractivity contribution in [2.24, 2.45) is 0 Å². The zero-order valence-electron chi connectivity index (χ0n) is 16.9. The van der Waals surface area contributed by atoms with E-state index in [4.69, 9.17) is 0 Å². The van der Waals surface area contributed by atoms with Gasteiger partial charge in [0.25, 0.3) is 0 Å². The maximum atomic E-state index is 10.4. The van der Waals surface area contributed by atoms with Crippen LogP contribution in [0, 0.1) is 27.7 Å². The average molecular weight is 357 g/mol. The van der Waals surface area contributed by atoms with Crippen molar-refractivity contribution in [2.45, 2.75) is 40.8 Å². The quantitative estimate of drug-likeness (QED) is 0.790. The van der Waals surface area contributed by atoms with Crippen molar-refractivity contribution in [3.63, 3.8) is 0 Å². The molecule has 0 radical (unpaired) electrons. The summed E-state index contributed by atoms with van der Waals surface area (Å²) in [6.45, 7) is 11.2. The molecule has 2 aromatic rings. The molecule has 0 aliphatic rings. The highest BCUT2D eigenvalue weighted by Gasteiger charge is 2.14. The molecule has 0 heterocycles. The molecule has 0 aliphatic carbocycles. The lowest BCUT2D eigenvalue weighted by molar-refractivity contribution is 0.221. The molecule has 2 N–H and O–H groups in total. The molecule has 0 bridgehead atoms. The Morgan fingerprint density at radius 3 is 1.42 bits per heavy atom. The van der Waals surface area contributed by atoms with Gasteiger partial charge in [0, 0.05) is 37.3 Å². The van der Waals surface area contributed by atoms with Crippen LogP contribution in [0.1, 0.15) is 33.4 Å². The maximum absolute atomic E-state index is 10.4. The lowest BCUT2D eigenvalue weighted by atomic mass is 10.0. The molecule has 0 amide bonds. The SMILES string of the molecule is Cc1cc(O)c(CN(CCN(C)C)Cc2cc(C)c(C)cc2O)cc1C. The molecule has 0 saturated carbocycles. The highest BCUT2D eigenvalue weighted by Crippen LogP contribution is 2.27. The zero-order valence-corrected chi connectivity index (χ0v) is 16.9. The largest absolute Gasteiger partial charge is 0.508 e. The predicted octanol–water partition coefficient (Wildman–Crippen LogP) is 3.90. The highest BCUT2D eigenvalue weighted by atomic mass is 16.3. The first-order valence-electron chi connectivity index (χ1n) is 9.12. The summed E-state index contributed by atoms with van der Waals surface area (Å²) < 4.78 is 0. The lowest BCUT2D eigenvalue weighted by Gasteiger charge is -2.25. The van der Waals surface area contributed by atoms with E-state index in [9.17, 15) is 10.2 Å². The summed E-state index contributed by atoms with van der Waals surface area (Å²) in [6.07, 6.45) is 0. The van der Waals surface area contributed by atoms with Crippen molar-refractivity contribution in [2.75, 3.05) is 27.2 Å². The second-order valence-corrected chi connectivity index (χ2v) is 7.64. The average Bonchev–Trinajstić information content (AvgIpc) is 2.55. The Kier molecular flexibility index (Phi) is 6.68. The number of benzene rings is 2. The summed E-state index contributed by atoms with van der Waals surface area (Å²) in [6, 6.07) is 7.80. The number of hydrogen-bond acceptors (Lipinski definition) is 4. The Bertz CT molecular complexity index is 710. The van der Waals surface area contributed by atoms with Crippen LogP contribution in [-0.4, -0.2) is 47.2 Å².